The Labute approximate surface area is 219 Å². The molecule has 0 amide bonds. The second-order valence-electron chi connectivity index (χ2n) is 11.4. The van der Waals surface area contributed by atoms with E-state index in [1.165, 1.54) is 69.0 Å². The third kappa shape index (κ3) is 7.77. The van der Waals surface area contributed by atoms with E-state index in [0.29, 0.717) is 0 Å². The molecule has 36 heavy (non-hydrogen) atoms. The minimum absolute atomic E-state index is 0.729. The van der Waals surface area contributed by atoms with Crippen LogP contribution in [0.1, 0.15) is 76.2 Å². The minimum atomic E-state index is -1.00. The molecule has 0 spiro atoms. The second kappa shape index (κ2) is 13.2. The van der Waals surface area contributed by atoms with E-state index in [0.717, 1.165) is 47.2 Å². The minimum Gasteiger partial charge on any atom is -0.494 e. The first kappa shape index (κ1) is 26.6. The summed E-state index contributed by atoms with van der Waals surface area (Å²) < 4.78 is 6.01. The molecule has 1 aliphatic carbocycles. The molecule has 0 aliphatic heterocycles. The van der Waals surface area contributed by atoms with Crippen molar-refractivity contribution >= 4 is 8.07 Å². The Bertz CT molecular complexity index is 1040. The van der Waals surface area contributed by atoms with Crippen molar-refractivity contribution in [2.24, 2.45) is 0 Å². The number of ether oxygens (including phenoxy) is 1. The quantitative estimate of drug-likeness (QED) is 0.183. The number of nitrogens with zero attached hydrogens (tertiary/aromatic N) is 2. The monoisotopic (exact) mass is 500 g/mol. The molecule has 1 saturated carbocycles. The van der Waals surface area contributed by atoms with Crippen molar-refractivity contribution in [3.63, 3.8) is 0 Å². The van der Waals surface area contributed by atoms with Crippen LogP contribution in [-0.2, 0) is 0 Å². The van der Waals surface area contributed by atoms with Gasteiger partial charge in [-0.15, -0.1) is 0 Å². The zero-order valence-electron chi connectivity index (χ0n) is 22.6. The Morgan fingerprint density at radius 1 is 0.750 bits per heavy atom. The molecule has 0 saturated heterocycles. The van der Waals surface area contributed by atoms with Crippen molar-refractivity contribution in [2.75, 3.05) is 6.61 Å². The highest BCUT2D eigenvalue weighted by molar-refractivity contribution is 6.77. The molecule has 0 radical (unpaired) electrons. The molecule has 4 heteroatoms. The van der Waals surface area contributed by atoms with E-state index < -0.39 is 8.07 Å². The highest BCUT2D eigenvalue weighted by atomic mass is 28.3. The Hall–Kier alpha value is -2.46. The van der Waals surface area contributed by atoms with Crippen molar-refractivity contribution in [3.05, 3.63) is 66.5 Å². The first-order valence-electron chi connectivity index (χ1n) is 14.2. The smallest absolute Gasteiger partial charge is 0.159 e. The van der Waals surface area contributed by atoms with E-state index >= 15 is 0 Å². The summed E-state index contributed by atoms with van der Waals surface area (Å²) in [5.74, 6) is 2.46. The lowest BCUT2D eigenvalue weighted by Crippen LogP contribution is -2.24. The maximum atomic E-state index is 6.01. The van der Waals surface area contributed by atoms with E-state index in [4.69, 9.17) is 4.74 Å². The van der Waals surface area contributed by atoms with Crippen molar-refractivity contribution in [1.29, 1.82) is 0 Å². The van der Waals surface area contributed by atoms with Crippen LogP contribution in [0.15, 0.2) is 60.9 Å². The van der Waals surface area contributed by atoms with Gasteiger partial charge in [0.25, 0.3) is 0 Å². The maximum Gasteiger partial charge on any atom is 0.159 e. The normalized spacial score (nSPS) is 14.6. The number of rotatable bonds is 12. The van der Waals surface area contributed by atoms with Crippen LogP contribution in [0.2, 0.25) is 25.2 Å². The summed E-state index contributed by atoms with van der Waals surface area (Å²) in [6, 6.07) is 20.1. The third-order valence-electron chi connectivity index (χ3n) is 7.81. The summed E-state index contributed by atoms with van der Waals surface area (Å²) >= 11 is 0. The van der Waals surface area contributed by atoms with Gasteiger partial charge in [0, 0.05) is 31.6 Å². The lowest BCUT2D eigenvalue weighted by molar-refractivity contribution is 0.309. The summed E-state index contributed by atoms with van der Waals surface area (Å²) in [6.07, 6.45) is 15.8. The average molecular weight is 501 g/mol. The van der Waals surface area contributed by atoms with Crippen LogP contribution in [0.3, 0.4) is 0 Å². The number of unbranched alkanes of at least 4 members (excludes halogenated alkanes) is 2. The predicted octanol–water partition coefficient (Wildman–Crippen LogP) is 9.53. The van der Waals surface area contributed by atoms with Gasteiger partial charge < -0.3 is 4.74 Å². The Kier molecular flexibility index (Phi) is 9.74. The van der Waals surface area contributed by atoms with Gasteiger partial charge >= 0.3 is 0 Å². The molecular formula is C32H44N2OSi. The lowest BCUT2D eigenvalue weighted by Gasteiger charge is -2.22. The van der Waals surface area contributed by atoms with Gasteiger partial charge in [-0.05, 0) is 48.4 Å². The van der Waals surface area contributed by atoms with Crippen LogP contribution < -0.4 is 4.74 Å². The number of benzene rings is 2. The Morgan fingerprint density at radius 3 is 2.06 bits per heavy atom. The van der Waals surface area contributed by atoms with E-state index in [2.05, 4.69) is 78.5 Å². The van der Waals surface area contributed by atoms with E-state index in [1.54, 1.807) is 0 Å². The van der Waals surface area contributed by atoms with Crippen LogP contribution in [0.5, 0.6) is 5.75 Å². The first-order valence-corrected chi connectivity index (χ1v) is 17.6. The van der Waals surface area contributed by atoms with Gasteiger partial charge in [0.05, 0.1) is 6.61 Å². The fourth-order valence-electron chi connectivity index (χ4n) is 5.39. The number of hydrogen-bond donors (Lipinski definition) is 0. The van der Waals surface area contributed by atoms with Gasteiger partial charge in [-0.25, -0.2) is 9.97 Å². The fraction of sp³-hybridized carbons (Fsp3) is 0.500. The molecule has 1 aromatic heterocycles. The second-order valence-corrected chi connectivity index (χ2v) is 16.7. The van der Waals surface area contributed by atoms with Crippen LogP contribution in [0.25, 0.3) is 22.5 Å². The third-order valence-corrected chi connectivity index (χ3v) is 11.2. The number of aromatic nitrogens is 2. The van der Waals surface area contributed by atoms with Crippen molar-refractivity contribution in [3.8, 4) is 28.3 Å². The van der Waals surface area contributed by atoms with Crippen LogP contribution in [-0.4, -0.2) is 24.6 Å². The molecule has 4 rings (SSSR count). The standard InChI is InChI=1S/C32H44N2OSi/c1-4-5-22-36(2,3)23-10-9-21-35-31-19-17-28(18-20-31)30-24-33-32(34-25-30)29-15-13-27(14-16-29)26-11-7-6-8-12-26/h13-20,24-26H,4-12,21-23H2,1-3H3. The van der Waals surface area contributed by atoms with E-state index in [-0.39, 0.29) is 0 Å². The zero-order chi connectivity index (χ0) is 25.2. The van der Waals surface area contributed by atoms with Gasteiger partial charge in [-0.2, -0.15) is 0 Å². The molecule has 3 nitrogen and oxygen atoms in total. The fourth-order valence-corrected chi connectivity index (χ4v) is 8.15. The summed E-state index contributed by atoms with van der Waals surface area (Å²) in [7, 11) is -1.00. The van der Waals surface area contributed by atoms with E-state index in [9.17, 15) is 0 Å². The molecule has 1 aliphatic rings. The highest BCUT2D eigenvalue weighted by Gasteiger charge is 2.19. The largest absolute Gasteiger partial charge is 0.494 e. The summed E-state index contributed by atoms with van der Waals surface area (Å²) in [5, 5.41) is 0. The lowest BCUT2D eigenvalue weighted by atomic mass is 9.84. The molecule has 1 fully saturated rings. The molecule has 1 heterocycles. The molecule has 0 atom stereocenters. The Morgan fingerprint density at radius 2 is 1.39 bits per heavy atom. The first-order chi connectivity index (χ1) is 17.5. The van der Waals surface area contributed by atoms with Gasteiger partial charge in [-0.1, -0.05) is 107 Å². The maximum absolute atomic E-state index is 6.01. The molecule has 2 aromatic carbocycles. The van der Waals surface area contributed by atoms with Gasteiger partial charge in [0.2, 0.25) is 0 Å². The topological polar surface area (TPSA) is 35.0 Å². The SMILES string of the molecule is CCCC[Si](C)(C)CCCCOc1ccc(-c2cnc(-c3ccc(C4CCCCC4)cc3)nc2)cc1. The molecule has 192 valence electrons. The van der Waals surface area contributed by atoms with Gasteiger partial charge in [0.15, 0.2) is 5.82 Å². The van der Waals surface area contributed by atoms with Crippen molar-refractivity contribution in [2.45, 2.75) is 95.8 Å². The summed E-state index contributed by atoms with van der Waals surface area (Å²) in [4.78, 5) is 9.32. The highest BCUT2D eigenvalue weighted by Crippen LogP contribution is 2.33. The molecule has 0 bridgehead atoms. The Balaban J connectivity index is 1.25. The van der Waals surface area contributed by atoms with Crippen molar-refractivity contribution in [1.82, 2.24) is 9.97 Å². The van der Waals surface area contributed by atoms with Crippen LogP contribution in [0, 0.1) is 0 Å². The summed E-state index contributed by atoms with van der Waals surface area (Å²) in [5.41, 5.74) is 4.70. The van der Waals surface area contributed by atoms with Crippen LogP contribution in [0.4, 0.5) is 0 Å². The molecule has 0 N–H and O–H groups in total. The number of hydrogen-bond acceptors (Lipinski definition) is 3. The average Bonchev–Trinajstić information content (AvgIpc) is 2.93. The zero-order valence-corrected chi connectivity index (χ0v) is 23.6. The van der Waals surface area contributed by atoms with Gasteiger partial charge in [-0.3, -0.25) is 0 Å². The van der Waals surface area contributed by atoms with E-state index in [1.807, 2.05) is 12.4 Å². The molecule has 0 unspecified atom stereocenters. The van der Waals surface area contributed by atoms with Crippen molar-refractivity contribution < 1.29 is 4.74 Å². The predicted molar refractivity (Wildman–Crippen MR) is 155 cm³/mol. The van der Waals surface area contributed by atoms with Gasteiger partial charge in [0.1, 0.15) is 5.75 Å². The molecular weight excluding hydrogens is 456 g/mol. The van der Waals surface area contributed by atoms with Crippen LogP contribution >= 0.6 is 0 Å². The molecule has 3 aromatic rings. The summed E-state index contributed by atoms with van der Waals surface area (Å²) in [6.45, 7) is 8.16.